The number of hydrogen-bond acceptors (Lipinski definition) is 5. The van der Waals surface area contributed by atoms with Gasteiger partial charge < -0.3 is 10.6 Å². The Morgan fingerprint density at radius 2 is 1.75 bits per heavy atom. The lowest BCUT2D eigenvalue weighted by atomic mass is 9.95. The van der Waals surface area contributed by atoms with Crippen molar-refractivity contribution in [3.05, 3.63) is 70.9 Å². The largest absolute Gasteiger partial charge is 0.339 e. The Hall–Kier alpha value is -3.21. The third kappa shape index (κ3) is 3.74. The summed E-state index contributed by atoms with van der Waals surface area (Å²) in [5.41, 5.74) is 5.70. The average Bonchev–Trinajstić information content (AvgIpc) is 2.70. The van der Waals surface area contributed by atoms with Gasteiger partial charge >= 0.3 is 0 Å². The van der Waals surface area contributed by atoms with Gasteiger partial charge in [-0.15, -0.1) is 0 Å². The van der Waals surface area contributed by atoms with Crippen molar-refractivity contribution in [3.8, 4) is 0 Å². The number of carbonyl (C=O) groups excluding carboxylic acids is 1. The van der Waals surface area contributed by atoms with Crippen LogP contribution < -0.4 is 10.6 Å². The van der Waals surface area contributed by atoms with Crippen LogP contribution in [-0.4, -0.2) is 15.8 Å². The minimum atomic E-state index is 0.108. The summed E-state index contributed by atoms with van der Waals surface area (Å²) < 4.78 is 0. The van der Waals surface area contributed by atoms with Gasteiger partial charge in [0.25, 0.3) is 0 Å². The van der Waals surface area contributed by atoms with Crippen LogP contribution in [0.3, 0.4) is 0 Å². The molecule has 1 aromatic heterocycles. The predicted octanol–water partition coefficient (Wildman–Crippen LogP) is 5.35. The molecule has 0 bridgehead atoms. The summed E-state index contributed by atoms with van der Waals surface area (Å²) in [6, 6.07) is 16.2. The lowest BCUT2D eigenvalue weighted by molar-refractivity contribution is 0.0972. The SMILES string of the molecule is CCc1ccc(Nc2nc3c(c(Nc4ccccc4C)n2)C(=O)CCC3)cc1. The number of fused-ring (bicyclic) bond motifs is 1. The number of rotatable bonds is 5. The molecule has 1 aliphatic rings. The molecule has 5 heteroatoms. The van der Waals surface area contributed by atoms with Gasteiger partial charge in [-0.2, -0.15) is 4.98 Å². The smallest absolute Gasteiger partial charge is 0.229 e. The molecule has 2 N–H and O–H groups in total. The molecule has 0 atom stereocenters. The Labute approximate surface area is 165 Å². The Morgan fingerprint density at radius 3 is 2.50 bits per heavy atom. The topological polar surface area (TPSA) is 66.9 Å². The van der Waals surface area contributed by atoms with E-state index in [2.05, 4.69) is 39.7 Å². The highest BCUT2D eigenvalue weighted by atomic mass is 16.1. The highest BCUT2D eigenvalue weighted by molar-refractivity contribution is 6.03. The molecule has 0 fully saturated rings. The van der Waals surface area contributed by atoms with Crippen molar-refractivity contribution in [2.75, 3.05) is 10.6 Å². The fraction of sp³-hybridized carbons (Fsp3) is 0.261. The van der Waals surface area contributed by atoms with Crippen molar-refractivity contribution >= 4 is 28.9 Å². The zero-order valence-corrected chi connectivity index (χ0v) is 16.2. The third-order valence-electron chi connectivity index (χ3n) is 5.10. The van der Waals surface area contributed by atoms with Crippen LogP contribution in [0.15, 0.2) is 48.5 Å². The van der Waals surface area contributed by atoms with E-state index >= 15 is 0 Å². The molecular formula is C23H24N4O. The molecule has 28 heavy (non-hydrogen) atoms. The number of aromatic nitrogens is 2. The van der Waals surface area contributed by atoms with Gasteiger partial charge in [0, 0.05) is 17.8 Å². The normalized spacial score (nSPS) is 13.1. The van der Waals surface area contributed by atoms with E-state index in [0.29, 0.717) is 23.8 Å². The summed E-state index contributed by atoms with van der Waals surface area (Å²) in [7, 11) is 0. The van der Waals surface area contributed by atoms with E-state index in [1.807, 2.05) is 43.3 Å². The summed E-state index contributed by atoms with van der Waals surface area (Å²) in [6.07, 6.45) is 3.17. The van der Waals surface area contributed by atoms with Crippen LogP contribution in [0.4, 0.5) is 23.1 Å². The summed E-state index contributed by atoms with van der Waals surface area (Å²) in [5.74, 6) is 1.20. The van der Waals surface area contributed by atoms with Crippen molar-refractivity contribution in [1.82, 2.24) is 9.97 Å². The molecule has 1 aliphatic carbocycles. The van der Waals surface area contributed by atoms with Gasteiger partial charge in [0.2, 0.25) is 5.95 Å². The minimum absolute atomic E-state index is 0.108. The first kappa shape index (κ1) is 18.2. The van der Waals surface area contributed by atoms with E-state index in [1.165, 1.54) is 5.56 Å². The van der Waals surface area contributed by atoms with E-state index in [9.17, 15) is 4.79 Å². The van der Waals surface area contributed by atoms with Crippen LogP contribution in [0.5, 0.6) is 0 Å². The van der Waals surface area contributed by atoms with Gasteiger partial charge in [0.05, 0.1) is 11.3 Å². The number of Topliss-reactive ketones (excluding diaryl/α,β-unsaturated/α-hetero) is 1. The van der Waals surface area contributed by atoms with Gasteiger partial charge in [0.15, 0.2) is 5.78 Å². The molecular weight excluding hydrogens is 348 g/mol. The molecule has 0 amide bonds. The van der Waals surface area contributed by atoms with E-state index in [-0.39, 0.29) is 5.78 Å². The molecule has 0 aliphatic heterocycles. The molecule has 0 spiro atoms. The number of para-hydroxylation sites is 1. The van der Waals surface area contributed by atoms with Crippen LogP contribution in [0, 0.1) is 6.92 Å². The number of hydrogen-bond donors (Lipinski definition) is 2. The predicted molar refractivity (Wildman–Crippen MR) is 113 cm³/mol. The van der Waals surface area contributed by atoms with Crippen LogP contribution >= 0.6 is 0 Å². The molecule has 0 saturated carbocycles. The molecule has 1 heterocycles. The number of aryl methyl sites for hydroxylation is 3. The van der Waals surface area contributed by atoms with Crippen molar-refractivity contribution in [3.63, 3.8) is 0 Å². The second-order valence-electron chi connectivity index (χ2n) is 7.11. The summed E-state index contributed by atoms with van der Waals surface area (Å²) in [6.45, 7) is 4.17. The number of benzene rings is 2. The number of anilines is 4. The van der Waals surface area contributed by atoms with E-state index in [4.69, 9.17) is 0 Å². The number of nitrogens with zero attached hydrogens (tertiary/aromatic N) is 2. The highest BCUT2D eigenvalue weighted by Gasteiger charge is 2.25. The number of carbonyl (C=O) groups is 1. The van der Waals surface area contributed by atoms with Gasteiger partial charge in [0.1, 0.15) is 5.82 Å². The first-order valence-electron chi connectivity index (χ1n) is 9.77. The van der Waals surface area contributed by atoms with E-state index in [1.54, 1.807) is 0 Å². The Kier molecular flexibility index (Phi) is 5.06. The first-order chi connectivity index (χ1) is 13.6. The van der Waals surface area contributed by atoms with Gasteiger partial charge in [-0.1, -0.05) is 37.3 Å². The van der Waals surface area contributed by atoms with Crippen molar-refractivity contribution in [2.24, 2.45) is 0 Å². The number of nitrogens with one attached hydrogen (secondary N) is 2. The third-order valence-corrected chi connectivity index (χ3v) is 5.10. The van der Waals surface area contributed by atoms with Crippen molar-refractivity contribution in [2.45, 2.75) is 39.5 Å². The maximum Gasteiger partial charge on any atom is 0.229 e. The van der Waals surface area contributed by atoms with E-state index in [0.717, 1.165) is 41.9 Å². The van der Waals surface area contributed by atoms with Crippen LogP contribution in [0.1, 0.15) is 46.9 Å². The molecule has 2 aromatic carbocycles. The monoisotopic (exact) mass is 372 g/mol. The van der Waals surface area contributed by atoms with E-state index < -0.39 is 0 Å². The summed E-state index contributed by atoms with van der Waals surface area (Å²) in [4.78, 5) is 21.9. The zero-order chi connectivity index (χ0) is 19.5. The Balaban J connectivity index is 1.71. The fourth-order valence-corrected chi connectivity index (χ4v) is 3.46. The van der Waals surface area contributed by atoms with Crippen molar-refractivity contribution in [1.29, 1.82) is 0 Å². The Morgan fingerprint density at radius 1 is 0.964 bits per heavy atom. The Bertz CT molecular complexity index is 1010. The maximum absolute atomic E-state index is 12.6. The molecule has 3 aromatic rings. The van der Waals surface area contributed by atoms with Crippen LogP contribution in [0.25, 0.3) is 0 Å². The van der Waals surface area contributed by atoms with Gasteiger partial charge in [-0.3, -0.25) is 4.79 Å². The molecule has 142 valence electrons. The van der Waals surface area contributed by atoms with Gasteiger partial charge in [-0.25, -0.2) is 4.98 Å². The average molecular weight is 372 g/mol. The first-order valence-corrected chi connectivity index (χ1v) is 9.77. The molecule has 4 rings (SSSR count). The van der Waals surface area contributed by atoms with Crippen molar-refractivity contribution < 1.29 is 4.79 Å². The standard InChI is InChI=1S/C23H24N4O/c1-3-16-11-13-17(14-12-16)24-23-26-19-9-6-10-20(28)21(19)22(27-23)25-18-8-5-4-7-15(18)2/h4-5,7-8,11-14H,3,6,9-10H2,1-2H3,(H2,24,25,26,27). The quantitative estimate of drug-likeness (QED) is 0.632. The van der Waals surface area contributed by atoms with Crippen LogP contribution in [-0.2, 0) is 12.8 Å². The number of ketones is 1. The maximum atomic E-state index is 12.6. The second kappa shape index (κ2) is 7.80. The molecule has 5 nitrogen and oxygen atoms in total. The molecule has 0 unspecified atom stereocenters. The minimum Gasteiger partial charge on any atom is -0.339 e. The summed E-state index contributed by atoms with van der Waals surface area (Å²) >= 11 is 0. The summed E-state index contributed by atoms with van der Waals surface area (Å²) in [5, 5.41) is 6.65. The van der Waals surface area contributed by atoms with Gasteiger partial charge in [-0.05, 0) is 55.5 Å². The molecule has 0 radical (unpaired) electrons. The lowest BCUT2D eigenvalue weighted by Crippen LogP contribution is -2.18. The van der Waals surface area contributed by atoms with Crippen LogP contribution in [0.2, 0.25) is 0 Å². The highest BCUT2D eigenvalue weighted by Crippen LogP contribution is 2.30. The zero-order valence-electron chi connectivity index (χ0n) is 16.2. The molecule has 0 saturated heterocycles. The fourth-order valence-electron chi connectivity index (χ4n) is 3.46. The lowest BCUT2D eigenvalue weighted by Gasteiger charge is -2.20. The second-order valence-corrected chi connectivity index (χ2v) is 7.11.